The summed E-state index contributed by atoms with van der Waals surface area (Å²) in [4.78, 5) is 21.7. The number of hydrogen-bond donors (Lipinski definition) is 3. The van der Waals surface area contributed by atoms with Crippen molar-refractivity contribution in [2.75, 3.05) is 31.8 Å². The van der Waals surface area contributed by atoms with Crippen molar-refractivity contribution in [1.29, 1.82) is 0 Å². The van der Waals surface area contributed by atoms with Gasteiger partial charge in [0.05, 0.1) is 25.4 Å². The van der Waals surface area contributed by atoms with Gasteiger partial charge in [0.25, 0.3) is 0 Å². The minimum absolute atomic E-state index is 0.106. The largest absolute Gasteiger partial charge is 0.480 e. The predicted molar refractivity (Wildman–Crippen MR) is 75.9 cm³/mol. The number of carbonyl (C=O) groups excluding carboxylic acids is 1. The average molecular weight is 309 g/mol. The van der Waals surface area contributed by atoms with E-state index in [-0.39, 0.29) is 18.5 Å². The molecular formula is C12H23NO6S. The van der Waals surface area contributed by atoms with Crippen LogP contribution in [0.3, 0.4) is 0 Å². The van der Waals surface area contributed by atoms with Crippen LogP contribution in [-0.4, -0.2) is 72.2 Å². The van der Waals surface area contributed by atoms with E-state index in [0.29, 0.717) is 12.4 Å². The third kappa shape index (κ3) is 10.0. The lowest BCUT2D eigenvalue weighted by atomic mass is 10.3. The highest BCUT2D eigenvalue weighted by Crippen LogP contribution is 2.07. The van der Waals surface area contributed by atoms with E-state index >= 15 is 0 Å². The molecule has 118 valence electrons. The number of aliphatic hydroxyl groups excluding tert-OH is 1. The molecule has 1 amide bonds. The van der Waals surface area contributed by atoms with E-state index < -0.39 is 24.0 Å². The average Bonchev–Trinajstić information content (AvgIpc) is 2.35. The van der Waals surface area contributed by atoms with E-state index in [4.69, 9.17) is 14.6 Å². The van der Waals surface area contributed by atoms with Crippen molar-refractivity contribution in [3.05, 3.63) is 0 Å². The molecule has 0 rings (SSSR count). The number of rotatable bonds is 11. The first-order valence-electron chi connectivity index (χ1n) is 6.23. The Morgan fingerprint density at radius 2 is 1.95 bits per heavy atom. The Balaban J connectivity index is 3.85. The first kappa shape index (κ1) is 19.2. The van der Waals surface area contributed by atoms with Crippen molar-refractivity contribution in [2.24, 2.45) is 0 Å². The van der Waals surface area contributed by atoms with E-state index in [1.807, 2.05) is 6.92 Å². The summed E-state index contributed by atoms with van der Waals surface area (Å²) in [5.74, 6) is -0.953. The van der Waals surface area contributed by atoms with Gasteiger partial charge in [-0.25, -0.2) is 4.79 Å². The Bertz CT molecular complexity index is 302. The molecule has 0 saturated carbocycles. The molecular weight excluding hydrogens is 286 g/mol. The molecule has 0 aliphatic heterocycles. The second kappa shape index (κ2) is 10.9. The van der Waals surface area contributed by atoms with Crippen molar-refractivity contribution in [2.45, 2.75) is 32.1 Å². The van der Waals surface area contributed by atoms with Gasteiger partial charge in [0.15, 0.2) is 0 Å². The molecule has 3 N–H and O–H groups in total. The van der Waals surface area contributed by atoms with E-state index in [9.17, 15) is 14.7 Å². The number of aliphatic carboxylic acids is 1. The Labute approximate surface area is 123 Å². The van der Waals surface area contributed by atoms with Crippen LogP contribution in [0, 0.1) is 0 Å². The first-order valence-corrected chi connectivity index (χ1v) is 7.38. The number of aliphatic hydroxyl groups is 1. The molecule has 0 aromatic rings. The highest BCUT2D eigenvalue weighted by atomic mass is 32.2. The summed E-state index contributed by atoms with van der Waals surface area (Å²) in [6.07, 6.45) is -0.795. The number of hydrogen-bond acceptors (Lipinski definition) is 6. The molecule has 0 saturated heterocycles. The smallest absolute Gasteiger partial charge is 0.327 e. The first-order chi connectivity index (χ1) is 9.36. The quantitative estimate of drug-likeness (QED) is 0.482. The van der Waals surface area contributed by atoms with Gasteiger partial charge < -0.3 is 25.0 Å². The Kier molecular flexibility index (Phi) is 10.4. The SMILES string of the molecule is COCC(C)OCC(O)CSC[C@H](NC(C)=O)C(=O)O. The maximum atomic E-state index is 10.9. The number of thioether (sulfide) groups is 1. The van der Waals surface area contributed by atoms with Crippen LogP contribution in [0.4, 0.5) is 0 Å². The van der Waals surface area contributed by atoms with Gasteiger partial charge in [0, 0.05) is 25.5 Å². The van der Waals surface area contributed by atoms with Crippen molar-refractivity contribution in [1.82, 2.24) is 5.32 Å². The molecule has 0 spiro atoms. The number of ether oxygens (including phenoxy) is 2. The highest BCUT2D eigenvalue weighted by molar-refractivity contribution is 7.99. The van der Waals surface area contributed by atoms with Crippen LogP contribution in [0.25, 0.3) is 0 Å². The Hall–Kier alpha value is -0.830. The molecule has 0 fully saturated rings. The molecule has 3 atom stereocenters. The summed E-state index contributed by atoms with van der Waals surface area (Å²) in [6.45, 7) is 3.71. The third-order valence-electron chi connectivity index (χ3n) is 2.24. The monoisotopic (exact) mass is 309 g/mol. The molecule has 0 aliphatic carbocycles. The van der Waals surface area contributed by atoms with Crippen LogP contribution in [0.15, 0.2) is 0 Å². The second-order valence-corrected chi connectivity index (χ2v) is 5.46. The summed E-state index contributed by atoms with van der Waals surface area (Å²) >= 11 is 1.25. The van der Waals surface area contributed by atoms with Crippen LogP contribution in [-0.2, 0) is 19.1 Å². The summed E-state index contributed by atoms with van der Waals surface area (Å²) in [5.41, 5.74) is 0. The fourth-order valence-corrected chi connectivity index (χ4v) is 2.31. The number of carboxylic acid groups (broad SMARTS) is 1. The number of methoxy groups -OCH3 is 1. The molecule has 0 bridgehead atoms. The molecule has 0 heterocycles. The number of amides is 1. The van der Waals surface area contributed by atoms with Gasteiger partial charge in [-0.1, -0.05) is 0 Å². The highest BCUT2D eigenvalue weighted by Gasteiger charge is 2.19. The molecule has 0 aromatic carbocycles. The minimum Gasteiger partial charge on any atom is -0.480 e. The van der Waals surface area contributed by atoms with E-state index in [1.54, 1.807) is 7.11 Å². The summed E-state index contributed by atoms with van der Waals surface area (Å²) in [6, 6.07) is -0.946. The fourth-order valence-electron chi connectivity index (χ4n) is 1.35. The van der Waals surface area contributed by atoms with Crippen LogP contribution in [0.1, 0.15) is 13.8 Å². The molecule has 0 radical (unpaired) electrons. The molecule has 20 heavy (non-hydrogen) atoms. The van der Waals surface area contributed by atoms with Gasteiger partial charge in [-0.05, 0) is 6.92 Å². The Morgan fingerprint density at radius 1 is 1.30 bits per heavy atom. The fraction of sp³-hybridized carbons (Fsp3) is 0.833. The van der Waals surface area contributed by atoms with Crippen molar-refractivity contribution >= 4 is 23.6 Å². The number of carbonyl (C=O) groups is 2. The van der Waals surface area contributed by atoms with Crippen LogP contribution in [0.2, 0.25) is 0 Å². The number of carboxylic acids is 1. The zero-order chi connectivity index (χ0) is 15.5. The van der Waals surface area contributed by atoms with Crippen LogP contribution in [0.5, 0.6) is 0 Å². The van der Waals surface area contributed by atoms with E-state index in [1.165, 1.54) is 18.7 Å². The normalized spacial score (nSPS) is 15.4. The van der Waals surface area contributed by atoms with Crippen molar-refractivity contribution in [3.63, 3.8) is 0 Å². The second-order valence-electron chi connectivity index (χ2n) is 4.38. The van der Waals surface area contributed by atoms with Crippen molar-refractivity contribution in [3.8, 4) is 0 Å². The van der Waals surface area contributed by atoms with Gasteiger partial charge in [-0.3, -0.25) is 4.79 Å². The standard InChI is InChI=1S/C12H23NO6S/c1-8(4-18-3)19-5-10(15)6-20-7-11(12(16)17)13-9(2)14/h8,10-11,15H,4-7H2,1-3H3,(H,13,14)(H,16,17)/t8?,10?,11-/m0/s1. The summed E-state index contributed by atoms with van der Waals surface area (Å²) in [7, 11) is 1.57. The van der Waals surface area contributed by atoms with Crippen LogP contribution >= 0.6 is 11.8 Å². The van der Waals surface area contributed by atoms with Crippen LogP contribution < -0.4 is 5.32 Å². The molecule has 0 aromatic heterocycles. The van der Waals surface area contributed by atoms with Gasteiger partial charge in [0.2, 0.25) is 5.91 Å². The van der Waals surface area contributed by atoms with Gasteiger partial charge in [-0.15, -0.1) is 0 Å². The zero-order valence-electron chi connectivity index (χ0n) is 12.0. The zero-order valence-corrected chi connectivity index (χ0v) is 12.8. The summed E-state index contributed by atoms with van der Waals surface area (Å²) in [5, 5.41) is 20.9. The maximum absolute atomic E-state index is 10.9. The summed E-state index contributed by atoms with van der Waals surface area (Å²) < 4.78 is 10.2. The molecule has 8 heteroatoms. The maximum Gasteiger partial charge on any atom is 0.327 e. The topological polar surface area (TPSA) is 105 Å². The number of nitrogens with one attached hydrogen (secondary N) is 1. The lowest BCUT2D eigenvalue weighted by Crippen LogP contribution is -2.41. The lowest BCUT2D eigenvalue weighted by molar-refractivity contribution is -0.140. The van der Waals surface area contributed by atoms with E-state index in [0.717, 1.165) is 0 Å². The van der Waals surface area contributed by atoms with Gasteiger partial charge in [0.1, 0.15) is 6.04 Å². The predicted octanol–water partition coefficient (Wildman–Crippen LogP) is -0.279. The molecule has 7 nitrogen and oxygen atoms in total. The lowest BCUT2D eigenvalue weighted by Gasteiger charge is -2.17. The van der Waals surface area contributed by atoms with E-state index in [2.05, 4.69) is 5.32 Å². The van der Waals surface area contributed by atoms with Gasteiger partial charge >= 0.3 is 5.97 Å². The van der Waals surface area contributed by atoms with Crippen molar-refractivity contribution < 1.29 is 29.3 Å². The Morgan fingerprint density at radius 3 is 2.45 bits per heavy atom. The third-order valence-corrected chi connectivity index (χ3v) is 3.43. The molecule has 2 unspecified atom stereocenters. The molecule has 0 aliphatic rings. The minimum atomic E-state index is -1.09. The van der Waals surface area contributed by atoms with Gasteiger partial charge in [-0.2, -0.15) is 11.8 Å².